The van der Waals surface area contributed by atoms with Gasteiger partial charge in [0.25, 0.3) is 0 Å². The molecular formula is C10H18N4S. The fraction of sp³-hybridized carbons (Fsp3) is 0.800. The third kappa shape index (κ3) is 1.99. The van der Waals surface area contributed by atoms with Gasteiger partial charge in [0.15, 0.2) is 0 Å². The van der Waals surface area contributed by atoms with Gasteiger partial charge < -0.3 is 10.6 Å². The zero-order valence-corrected chi connectivity index (χ0v) is 10.1. The lowest BCUT2D eigenvalue weighted by Crippen LogP contribution is -2.38. The minimum atomic E-state index is 0.447. The summed E-state index contributed by atoms with van der Waals surface area (Å²) in [6.07, 6.45) is 2.12. The number of aromatic nitrogens is 2. The first kappa shape index (κ1) is 10.8. The molecule has 84 valence electrons. The van der Waals surface area contributed by atoms with Crippen molar-refractivity contribution in [1.82, 2.24) is 9.36 Å². The van der Waals surface area contributed by atoms with Gasteiger partial charge >= 0.3 is 0 Å². The number of rotatable bonds is 3. The molecule has 1 saturated heterocycles. The second-order valence-electron chi connectivity index (χ2n) is 4.11. The highest BCUT2D eigenvalue weighted by Crippen LogP contribution is 2.30. The summed E-state index contributed by atoms with van der Waals surface area (Å²) in [5.41, 5.74) is 5.81. The first-order chi connectivity index (χ1) is 7.26. The van der Waals surface area contributed by atoms with Crippen LogP contribution >= 0.6 is 11.5 Å². The van der Waals surface area contributed by atoms with Crippen LogP contribution in [0.2, 0.25) is 0 Å². The van der Waals surface area contributed by atoms with Crippen LogP contribution in [-0.2, 0) is 6.42 Å². The Labute approximate surface area is 94.7 Å². The molecule has 1 aliphatic heterocycles. The smallest absolute Gasteiger partial charge is 0.205 e. The lowest BCUT2D eigenvalue weighted by atomic mass is 10.0. The van der Waals surface area contributed by atoms with Crippen LogP contribution in [0, 0.1) is 5.92 Å². The van der Waals surface area contributed by atoms with E-state index >= 15 is 0 Å². The van der Waals surface area contributed by atoms with Crippen molar-refractivity contribution >= 4 is 16.7 Å². The Hall–Kier alpha value is -0.680. The first-order valence-corrected chi connectivity index (χ1v) is 6.33. The Morgan fingerprint density at radius 2 is 2.40 bits per heavy atom. The molecule has 0 amide bonds. The molecule has 0 aromatic carbocycles. The summed E-state index contributed by atoms with van der Waals surface area (Å²) >= 11 is 1.50. The van der Waals surface area contributed by atoms with Crippen molar-refractivity contribution in [2.75, 3.05) is 18.0 Å². The minimum absolute atomic E-state index is 0.447. The fourth-order valence-corrected chi connectivity index (χ4v) is 2.94. The molecule has 1 aliphatic rings. The maximum atomic E-state index is 5.81. The maximum absolute atomic E-state index is 5.81. The van der Waals surface area contributed by atoms with E-state index in [1.54, 1.807) is 0 Å². The molecule has 0 bridgehead atoms. The van der Waals surface area contributed by atoms with Gasteiger partial charge in [-0.25, -0.2) is 4.98 Å². The average Bonchev–Trinajstić information content (AvgIpc) is 2.83. The van der Waals surface area contributed by atoms with Crippen LogP contribution in [-0.4, -0.2) is 28.5 Å². The van der Waals surface area contributed by atoms with Crippen LogP contribution in [0.5, 0.6) is 0 Å². The van der Waals surface area contributed by atoms with Gasteiger partial charge in [-0.05, 0) is 12.3 Å². The largest absolute Gasteiger partial charge is 0.342 e. The summed E-state index contributed by atoms with van der Waals surface area (Å²) < 4.78 is 4.32. The zero-order chi connectivity index (χ0) is 10.8. The third-order valence-electron chi connectivity index (χ3n) is 3.14. The van der Waals surface area contributed by atoms with Gasteiger partial charge in [-0.3, -0.25) is 0 Å². The molecule has 4 nitrogen and oxygen atoms in total. The summed E-state index contributed by atoms with van der Waals surface area (Å²) in [6, 6.07) is 0.447. The Balaban J connectivity index is 2.16. The Kier molecular flexibility index (Phi) is 3.21. The highest BCUT2D eigenvalue weighted by Gasteiger charge is 2.31. The van der Waals surface area contributed by atoms with Crippen molar-refractivity contribution in [2.45, 2.75) is 32.7 Å². The predicted octanol–water partition coefficient (Wildman–Crippen LogP) is 1.27. The molecule has 2 unspecified atom stereocenters. The molecular weight excluding hydrogens is 208 g/mol. The van der Waals surface area contributed by atoms with Crippen molar-refractivity contribution in [3.05, 3.63) is 5.82 Å². The molecule has 15 heavy (non-hydrogen) atoms. The van der Waals surface area contributed by atoms with Gasteiger partial charge in [-0.15, -0.1) is 0 Å². The third-order valence-corrected chi connectivity index (χ3v) is 3.93. The molecule has 0 radical (unpaired) electrons. The normalized spacial score (nSPS) is 26.2. The molecule has 2 rings (SSSR count). The standard InChI is InChI=1S/C10H18N4S/c1-3-9-12-10(15-13-9)14-5-4-7(2)8(14)6-11/h7-8H,3-6,11H2,1-2H3. The summed E-state index contributed by atoms with van der Waals surface area (Å²) in [6.45, 7) is 6.13. The predicted molar refractivity (Wildman–Crippen MR) is 63.3 cm³/mol. The molecule has 0 saturated carbocycles. The monoisotopic (exact) mass is 226 g/mol. The quantitative estimate of drug-likeness (QED) is 0.843. The van der Waals surface area contributed by atoms with Crippen molar-refractivity contribution in [3.63, 3.8) is 0 Å². The van der Waals surface area contributed by atoms with Gasteiger partial charge in [-0.1, -0.05) is 13.8 Å². The molecule has 2 atom stereocenters. The van der Waals surface area contributed by atoms with Crippen molar-refractivity contribution < 1.29 is 0 Å². The summed E-state index contributed by atoms with van der Waals surface area (Å²) in [7, 11) is 0. The maximum Gasteiger partial charge on any atom is 0.205 e. The second kappa shape index (κ2) is 4.45. The number of anilines is 1. The Morgan fingerprint density at radius 3 is 3.00 bits per heavy atom. The number of nitrogens with zero attached hydrogens (tertiary/aromatic N) is 3. The van der Waals surface area contributed by atoms with E-state index in [4.69, 9.17) is 5.73 Å². The molecule has 1 fully saturated rings. The van der Waals surface area contributed by atoms with Crippen LogP contribution in [0.3, 0.4) is 0 Å². The molecule has 0 spiro atoms. The SMILES string of the molecule is CCc1nsc(N2CCC(C)C2CN)n1. The number of hydrogen-bond acceptors (Lipinski definition) is 5. The van der Waals surface area contributed by atoms with Gasteiger partial charge in [0, 0.05) is 37.1 Å². The van der Waals surface area contributed by atoms with Crippen molar-refractivity contribution in [3.8, 4) is 0 Å². The number of hydrogen-bond donors (Lipinski definition) is 1. The molecule has 5 heteroatoms. The molecule has 1 aromatic heterocycles. The van der Waals surface area contributed by atoms with Crippen LogP contribution in [0.15, 0.2) is 0 Å². The van der Waals surface area contributed by atoms with E-state index in [1.807, 2.05) is 0 Å². The van der Waals surface area contributed by atoms with Crippen molar-refractivity contribution in [2.24, 2.45) is 11.7 Å². The topological polar surface area (TPSA) is 55.0 Å². The Morgan fingerprint density at radius 1 is 1.60 bits per heavy atom. The minimum Gasteiger partial charge on any atom is -0.342 e. The lowest BCUT2D eigenvalue weighted by molar-refractivity contribution is 0.518. The molecule has 0 aliphatic carbocycles. The molecule has 2 N–H and O–H groups in total. The van der Waals surface area contributed by atoms with Crippen LogP contribution in [0.4, 0.5) is 5.13 Å². The van der Waals surface area contributed by atoms with Crippen molar-refractivity contribution in [1.29, 1.82) is 0 Å². The lowest BCUT2D eigenvalue weighted by Gasteiger charge is -2.24. The van der Waals surface area contributed by atoms with Gasteiger partial charge in [0.2, 0.25) is 5.13 Å². The van der Waals surface area contributed by atoms with Crippen LogP contribution < -0.4 is 10.6 Å². The van der Waals surface area contributed by atoms with Gasteiger partial charge in [0.1, 0.15) is 5.82 Å². The van der Waals surface area contributed by atoms with E-state index in [0.717, 1.165) is 23.9 Å². The molecule has 2 heterocycles. The highest BCUT2D eigenvalue weighted by molar-refractivity contribution is 7.09. The van der Waals surface area contributed by atoms with E-state index in [1.165, 1.54) is 18.0 Å². The number of aryl methyl sites for hydroxylation is 1. The summed E-state index contributed by atoms with van der Waals surface area (Å²) in [5.74, 6) is 1.62. The highest BCUT2D eigenvalue weighted by atomic mass is 32.1. The van der Waals surface area contributed by atoms with Gasteiger partial charge in [0.05, 0.1) is 0 Å². The van der Waals surface area contributed by atoms with E-state index in [0.29, 0.717) is 18.5 Å². The first-order valence-electron chi connectivity index (χ1n) is 5.55. The van der Waals surface area contributed by atoms with Gasteiger partial charge in [-0.2, -0.15) is 4.37 Å². The average molecular weight is 226 g/mol. The van der Waals surface area contributed by atoms with E-state index in [9.17, 15) is 0 Å². The van der Waals surface area contributed by atoms with E-state index in [-0.39, 0.29) is 0 Å². The molecule has 1 aromatic rings. The van der Waals surface area contributed by atoms with E-state index in [2.05, 4.69) is 28.1 Å². The summed E-state index contributed by atoms with van der Waals surface area (Å²) in [4.78, 5) is 6.84. The number of nitrogens with two attached hydrogens (primary N) is 1. The fourth-order valence-electron chi connectivity index (χ4n) is 2.11. The Bertz CT molecular complexity index is 325. The zero-order valence-electron chi connectivity index (χ0n) is 9.31. The van der Waals surface area contributed by atoms with E-state index < -0.39 is 0 Å². The second-order valence-corrected chi connectivity index (χ2v) is 4.84. The summed E-state index contributed by atoms with van der Waals surface area (Å²) in [5, 5.41) is 1.05. The van der Waals surface area contributed by atoms with Crippen LogP contribution in [0.25, 0.3) is 0 Å². The van der Waals surface area contributed by atoms with Crippen LogP contribution in [0.1, 0.15) is 26.1 Å².